The molecule has 0 amide bonds. The van der Waals surface area contributed by atoms with Crippen LogP contribution < -0.4 is 0 Å². The molecular formula is C12H13ClF2. The van der Waals surface area contributed by atoms with E-state index in [0.29, 0.717) is 6.42 Å². The third-order valence-corrected chi connectivity index (χ3v) is 3.62. The van der Waals surface area contributed by atoms with E-state index in [1.165, 1.54) is 18.2 Å². The maximum atomic E-state index is 13.6. The van der Waals surface area contributed by atoms with Gasteiger partial charge >= 0.3 is 0 Å². The van der Waals surface area contributed by atoms with E-state index in [1.807, 2.05) is 6.92 Å². The Morgan fingerprint density at radius 1 is 1.33 bits per heavy atom. The Morgan fingerprint density at radius 3 is 2.40 bits per heavy atom. The molecule has 1 aliphatic carbocycles. The van der Waals surface area contributed by atoms with Crippen LogP contribution in [-0.4, -0.2) is 5.38 Å². The lowest BCUT2D eigenvalue weighted by Crippen LogP contribution is -2.21. The quantitative estimate of drug-likeness (QED) is 0.640. The number of benzene rings is 1. The SMILES string of the molecule is CC1(c2c(F)cccc2F)CCC(Cl)C1. The van der Waals surface area contributed by atoms with Crippen molar-refractivity contribution in [2.24, 2.45) is 0 Å². The fourth-order valence-corrected chi connectivity index (χ4v) is 2.92. The predicted octanol–water partition coefficient (Wildman–Crippen LogP) is 4.01. The molecule has 0 aliphatic heterocycles. The van der Waals surface area contributed by atoms with Crippen molar-refractivity contribution in [1.82, 2.24) is 0 Å². The van der Waals surface area contributed by atoms with Crippen LogP contribution in [0.15, 0.2) is 18.2 Å². The van der Waals surface area contributed by atoms with E-state index in [0.717, 1.165) is 12.8 Å². The summed E-state index contributed by atoms with van der Waals surface area (Å²) >= 11 is 6.01. The maximum Gasteiger partial charge on any atom is 0.129 e. The zero-order valence-electron chi connectivity index (χ0n) is 8.56. The molecule has 1 aromatic carbocycles. The largest absolute Gasteiger partial charge is 0.207 e. The molecule has 0 nitrogen and oxygen atoms in total. The van der Waals surface area contributed by atoms with Gasteiger partial charge < -0.3 is 0 Å². The second-order valence-electron chi connectivity index (χ2n) is 4.50. The number of hydrogen-bond acceptors (Lipinski definition) is 0. The predicted molar refractivity (Wildman–Crippen MR) is 57.2 cm³/mol. The summed E-state index contributed by atoms with van der Waals surface area (Å²) in [5, 5.41) is 0.0361. The number of rotatable bonds is 1. The number of halogens is 3. The molecular weight excluding hydrogens is 218 g/mol. The highest BCUT2D eigenvalue weighted by Crippen LogP contribution is 2.44. The highest BCUT2D eigenvalue weighted by atomic mass is 35.5. The topological polar surface area (TPSA) is 0 Å². The van der Waals surface area contributed by atoms with Gasteiger partial charge in [0.2, 0.25) is 0 Å². The summed E-state index contributed by atoms with van der Waals surface area (Å²) in [4.78, 5) is 0. The maximum absolute atomic E-state index is 13.6. The average Bonchev–Trinajstić information content (AvgIpc) is 2.46. The van der Waals surface area contributed by atoms with Gasteiger partial charge in [0, 0.05) is 10.9 Å². The van der Waals surface area contributed by atoms with Crippen LogP contribution in [0.1, 0.15) is 31.7 Å². The van der Waals surface area contributed by atoms with Gasteiger partial charge in [-0.1, -0.05) is 13.0 Å². The molecule has 1 aromatic rings. The van der Waals surface area contributed by atoms with Crippen molar-refractivity contribution in [3.63, 3.8) is 0 Å². The lowest BCUT2D eigenvalue weighted by Gasteiger charge is -2.25. The van der Waals surface area contributed by atoms with E-state index in [2.05, 4.69) is 0 Å². The molecule has 3 heteroatoms. The van der Waals surface area contributed by atoms with Crippen molar-refractivity contribution in [1.29, 1.82) is 0 Å². The first-order valence-electron chi connectivity index (χ1n) is 5.11. The fraction of sp³-hybridized carbons (Fsp3) is 0.500. The lowest BCUT2D eigenvalue weighted by molar-refractivity contribution is 0.425. The molecule has 1 saturated carbocycles. The Hall–Kier alpha value is -0.630. The average molecular weight is 231 g/mol. The van der Waals surface area contributed by atoms with Gasteiger partial charge in [-0.25, -0.2) is 8.78 Å². The molecule has 1 aliphatic rings. The summed E-state index contributed by atoms with van der Waals surface area (Å²) in [6, 6.07) is 4.01. The van der Waals surface area contributed by atoms with Crippen LogP contribution in [-0.2, 0) is 5.41 Å². The molecule has 2 atom stereocenters. The third-order valence-electron chi connectivity index (χ3n) is 3.25. The Labute approximate surface area is 93.2 Å². The molecule has 0 spiro atoms. The van der Waals surface area contributed by atoms with E-state index in [1.54, 1.807) is 0 Å². The molecule has 0 aromatic heterocycles. The molecule has 0 heterocycles. The van der Waals surface area contributed by atoms with E-state index < -0.39 is 17.0 Å². The first kappa shape index (κ1) is 10.9. The Bertz CT molecular complexity index is 358. The van der Waals surface area contributed by atoms with Crippen LogP contribution in [0, 0.1) is 11.6 Å². The molecule has 0 saturated heterocycles. The normalized spacial score (nSPS) is 30.8. The van der Waals surface area contributed by atoms with Crippen molar-refractivity contribution < 1.29 is 8.78 Å². The second-order valence-corrected chi connectivity index (χ2v) is 5.11. The summed E-state index contributed by atoms with van der Waals surface area (Å²) in [5.41, 5.74) is -0.241. The first-order chi connectivity index (χ1) is 7.03. The molecule has 0 radical (unpaired) electrons. The van der Waals surface area contributed by atoms with Gasteiger partial charge in [-0.2, -0.15) is 0 Å². The summed E-state index contributed by atoms with van der Waals surface area (Å²) in [6.45, 7) is 1.89. The summed E-state index contributed by atoms with van der Waals surface area (Å²) in [5.74, 6) is -0.911. The lowest BCUT2D eigenvalue weighted by atomic mass is 9.80. The standard InChI is InChI=1S/C12H13ClF2/c1-12(6-5-8(13)7-12)11-9(14)3-2-4-10(11)15/h2-4,8H,5-7H2,1H3. The van der Waals surface area contributed by atoms with Crippen molar-refractivity contribution in [2.75, 3.05) is 0 Å². The molecule has 0 N–H and O–H groups in total. The van der Waals surface area contributed by atoms with Crippen molar-refractivity contribution >= 4 is 11.6 Å². The number of alkyl halides is 1. The van der Waals surface area contributed by atoms with Crippen molar-refractivity contribution in [3.8, 4) is 0 Å². The molecule has 2 rings (SSSR count). The molecule has 0 bridgehead atoms. The van der Waals surface area contributed by atoms with E-state index >= 15 is 0 Å². The van der Waals surface area contributed by atoms with Crippen LogP contribution in [0.4, 0.5) is 8.78 Å². The van der Waals surface area contributed by atoms with Gasteiger partial charge in [-0.3, -0.25) is 0 Å². The fourth-order valence-electron chi connectivity index (χ4n) is 2.47. The van der Waals surface area contributed by atoms with Gasteiger partial charge in [0.1, 0.15) is 11.6 Å². The van der Waals surface area contributed by atoms with Crippen LogP contribution in [0.3, 0.4) is 0 Å². The van der Waals surface area contributed by atoms with E-state index in [-0.39, 0.29) is 10.9 Å². The molecule has 82 valence electrons. The molecule has 2 unspecified atom stereocenters. The minimum Gasteiger partial charge on any atom is -0.207 e. The van der Waals surface area contributed by atoms with Gasteiger partial charge in [0.25, 0.3) is 0 Å². The first-order valence-corrected chi connectivity index (χ1v) is 5.55. The van der Waals surface area contributed by atoms with Crippen molar-refractivity contribution in [3.05, 3.63) is 35.4 Å². The van der Waals surface area contributed by atoms with Gasteiger partial charge in [0.05, 0.1) is 0 Å². The van der Waals surface area contributed by atoms with Crippen LogP contribution >= 0.6 is 11.6 Å². The molecule has 15 heavy (non-hydrogen) atoms. The van der Waals surface area contributed by atoms with Crippen LogP contribution in [0.2, 0.25) is 0 Å². The van der Waals surface area contributed by atoms with Gasteiger partial charge in [-0.15, -0.1) is 11.6 Å². The minimum atomic E-state index is -0.455. The van der Waals surface area contributed by atoms with E-state index in [4.69, 9.17) is 11.6 Å². The zero-order chi connectivity index (χ0) is 11.1. The van der Waals surface area contributed by atoms with Crippen LogP contribution in [0.25, 0.3) is 0 Å². The monoisotopic (exact) mass is 230 g/mol. The van der Waals surface area contributed by atoms with Gasteiger partial charge in [0.15, 0.2) is 0 Å². The highest BCUT2D eigenvalue weighted by Gasteiger charge is 2.39. The van der Waals surface area contributed by atoms with Crippen molar-refractivity contribution in [2.45, 2.75) is 37.0 Å². The zero-order valence-corrected chi connectivity index (χ0v) is 9.32. The Morgan fingerprint density at radius 2 is 1.93 bits per heavy atom. The minimum absolute atomic E-state index is 0.0361. The Kier molecular flexibility index (Phi) is 2.72. The van der Waals surface area contributed by atoms with Gasteiger partial charge in [-0.05, 0) is 36.8 Å². The number of hydrogen-bond donors (Lipinski definition) is 0. The summed E-state index contributed by atoms with van der Waals surface area (Å²) in [6.07, 6.45) is 2.22. The highest BCUT2D eigenvalue weighted by molar-refractivity contribution is 6.20. The Balaban J connectivity index is 2.45. The molecule has 1 fully saturated rings. The second kappa shape index (κ2) is 3.75. The summed E-state index contributed by atoms with van der Waals surface area (Å²) in [7, 11) is 0. The smallest absolute Gasteiger partial charge is 0.129 e. The summed E-state index contributed by atoms with van der Waals surface area (Å²) < 4.78 is 27.2. The third kappa shape index (κ3) is 1.87. The van der Waals surface area contributed by atoms with Crippen LogP contribution in [0.5, 0.6) is 0 Å². The van der Waals surface area contributed by atoms with E-state index in [9.17, 15) is 8.78 Å².